The summed E-state index contributed by atoms with van der Waals surface area (Å²) < 4.78 is 15.6. The molecule has 0 atom stereocenters. The van der Waals surface area contributed by atoms with Crippen LogP contribution in [0.5, 0.6) is 11.5 Å². The lowest BCUT2D eigenvalue weighted by atomic mass is 10.0. The molecule has 0 unspecified atom stereocenters. The number of methoxy groups -OCH3 is 1. The first-order valence-corrected chi connectivity index (χ1v) is 7.62. The van der Waals surface area contributed by atoms with Crippen molar-refractivity contribution in [2.45, 2.75) is 39.7 Å². The SMILES string of the molecule is CCOc1cc(C(=O)OCC(=O)NC(C)(C)CC)ccc1OC. The van der Waals surface area contributed by atoms with Gasteiger partial charge in [0.2, 0.25) is 0 Å². The highest BCUT2D eigenvalue weighted by Gasteiger charge is 2.19. The van der Waals surface area contributed by atoms with E-state index in [9.17, 15) is 9.59 Å². The van der Waals surface area contributed by atoms with Crippen molar-refractivity contribution >= 4 is 11.9 Å². The molecule has 0 aliphatic rings. The van der Waals surface area contributed by atoms with Gasteiger partial charge in [-0.15, -0.1) is 0 Å². The van der Waals surface area contributed by atoms with E-state index in [-0.39, 0.29) is 18.1 Å². The van der Waals surface area contributed by atoms with Gasteiger partial charge >= 0.3 is 5.97 Å². The van der Waals surface area contributed by atoms with Crippen LogP contribution in [0, 0.1) is 0 Å². The number of benzene rings is 1. The Morgan fingerprint density at radius 3 is 2.43 bits per heavy atom. The lowest BCUT2D eigenvalue weighted by molar-refractivity contribution is -0.125. The van der Waals surface area contributed by atoms with Gasteiger partial charge in [-0.25, -0.2) is 4.79 Å². The van der Waals surface area contributed by atoms with Gasteiger partial charge in [-0.05, 0) is 45.4 Å². The van der Waals surface area contributed by atoms with Gasteiger partial charge < -0.3 is 19.5 Å². The van der Waals surface area contributed by atoms with Gasteiger partial charge in [0.25, 0.3) is 5.91 Å². The molecular weight excluding hydrogens is 298 g/mol. The molecule has 0 spiro atoms. The number of hydrogen-bond acceptors (Lipinski definition) is 5. The number of ether oxygens (including phenoxy) is 3. The highest BCUT2D eigenvalue weighted by atomic mass is 16.5. The molecule has 0 bridgehead atoms. The fourth-order valence-electron chi connectivity index (χ4n) is 1.79. The molecule has 1 aromatic carbocycles. The van der Waals surface area contributed by atoms with Crippen LogP contribution in [-0.4, -0.2) is 37.7 Å². The summed E-state index contributed by atoms with van der Waals surface area (Å²) in [6.07, 6.45) is 0.781. The molecule has 0 aromatic heterocycles. The van der Waals surface area contributed by atoms with Crippen LogP contribution in [0.15, 0.2) is 18.2 Å². The monoisotopic (exact) mass is 323 g/mol. The highest BCUT2D eigenvalue weighted by molar-refractivity contribution is 5.92. The molecule has 1 aromatic rings. The maximum Gasteiger partial charge on any atom is 0.338 e. The number of hydrogen-bond donors (Lipinski definition) is 1. The zero-order chi connectivity index (χ0) is 17.5. The normalized spacial score (nSPS) is 10.8. The molecule has 0 aliphatic carbocycles. The lowest BCUT2D eigenvalue weighted by Gasteiger charge is -2.24. The van der Waals surface area contributed by atoms with Gasteiger partial charge in [0.1, 0.15) is 0 Å². The predicted octanol–water partition coefficient (Wildman–Crippen LogP) is 2.56. The van der Waals surface area contributed by atoms with Crippen LogP contribution in [0.2, 0.25) is 0 Å². The van der Waals surface area contributed by atoms with Crippen molar-refractivity contribution in [3.05, 3.63) is 23.8 Å². The Morgan fingerprint density at radius 2 is 1.87 bits per heavy atom. The third-order valence-corrected chi connectivity index (χ3v) is 3.40. The topological polar surface area (TPSA) is 73.9 Å². The van der Waals surface area contributed by atoms with Gasteiger partial charge in [-0.3, -0.25) is 4.79 Å². The Hall–Kier alpha value is -2.24. The largest absolute Gasteiger partial charge is 0.493 e. The Labute approximate surface area is 137 Å². The van der Waals surface area contributed by atoms with Crippen molar-refractivity contribution in [1.29, 1.82) is 0 Å². The fourth-order valence-corrected chi connectivity index (χ4v) is 1.79. The third-order valence-electron chi connectivity index (χ3n) is 3.40. The number of rotatable bonds is 8. The Kier molecular flexibility index (Phi) is 6.88. The van der Waals surface area contributed by atoms with E-state index in [1.165, 1.54) is 7.11 Å². The van der Waals surface area contributed by atoms with Crippen molar-refractivity contribution in [1.82, 2.24) is 5.32 Å². The first-order chi connectivity index (χ1) is 10.8. The molecule has 0 aliphatic heterocycles. The zero-order valence-corrected chi connectivity index (χ0v) is 14.4. The van der Waals surface area contributed by atoms with E-state index in [2.05, 4.69) is 5.32 Å². The highest BCUT2D eigenvalue weighted by Crippen LogP contribution is 2.28. The van der Waals surface area contributed by atoms with Crippen LogP contribution in [0.3, 0.4) is 0 Å². The van der Waals surface area contributed by atoms with E-state index in [4.69, 9.17) is 14.2 Å². The van der Waals surface area contributed by atoms with E-state index >= 15 is 0 Å². The minimum Gasteiger partial charge on any atom is -0.493 e. The molecular formula is C17H25NO5. The summed E-state index contributed by atoms with van der Waals surface area (Å²) in [7, 11) is 1.52. The van der Waals surface area contributed by atoms with Crippen LogP contribution in [0.25, 0.3) is 0 Å². The van der Waals surface area contributed by atoms with Gasteiger partial charge in [0.05, 0.1) is 19.3 Å². The smallest absolute Gasteiger partial charge is 0.338 e. The second kappa shape index (κ2) is 8.41. The van der Waals surface area contributed by atoms with E-state index in [1.807, 2.05) is 27.7 Å². The lowest BCUT2D eigenvalue weighted by Crippen LogP contribution is -2.44. The Balaban J connectivity index is 2.68. The summed E-state index contributed by atoms with van der Waals surface area (Å²) in [6.45, 7) is 7.75. The molecule has 128 valence electrons. The van der Waals surface area contributed by atoms with Crippen molar-refractivity contribution in [2.75, 3.05) is 20.3 Å². The van der Waals surface area contributed by atoms with Crippen LogP contribution in [-0.2, 0) is 9.53 Å². The van der Waals surface area contributed by atoms with Gasteiger partial charge in [0.15, 0.2) is 18.1 Å². The van der Waals surface area contributed by atoms with Gasteiger partial charge in [0, 0.05) is 5.54 Å². The quantitative estimate of drug-likeness (QED) is 0.744. The number of esters is 1. The minimum absolute atomic E-state index is 0.303. The molecule has 6 heteroatoms. The van der Waals surface area contributed by atoms with Crippen molar-refractivity contribution in [3.8, 4) is 11.5 Å². The molecule has 0 saturated carbocycles. The standard InChI is InChI=1S/C17H25NO5/c1-6-17(3,4)18-15(19)11-23-16(20)12-8-9-13(21-5)14(10-12)22-7-2/h8-10H,6-7,11H2,1-5H3,(H,18,19). The summed E-state index contributed by atoms with van der Waals surface area (Å²) in [5.74, 6) is 0.0775. The average molecular weight is 323 g/mol. The number of carbonyl (C=O) groups is 2. The maximum atomic E-state index is 12.0. The summed E-state index contributed by atoms with van der Waals surface area (Å²) in [5.41, 5.74) is -0.0250. The molecule has 0 heterocycles. The predicted molar refractivity (Wildman–Crippen MR) is 87.0 cm³/mol. The maximum absolute atomic E-state index is 12.0. The zero-order valence-electron chi connectivity index (χ0n) is 14.4. The van der Waals surface area contributed by atoms with E-state index in [0.29, 0.717) is 23.7 Å². The molecule has 1 N–H and O–H groups in total. The Morgan fingerprint density at radius 1 is 1.17 bits per heavy atom. The van der Waals surface area contributed by atoms with Crippen LogP contribution in [0.4, 0.5) is 0 Å². The van der Waals surface area contributed by atoms with Crippen molar-refractivity contribution < 1.29 is 23.8 Å². The van der Waals surface area contributed by atoms with Crippen molar-refractivity contribution in [3.63, 3.8) is 0 Å². The molecule has 0 saturated heterocycles. The van der Waals surface area contributed by atoms with Crippen LogP contribution < -0.4 is 14.8 Å². The van der Waals surface area contributed by atoms with Crippen molar-refractivity contribution in [2.24, 2.45) is 0 Å². The van der Waals surface area contributed by atoms with Crippen LogP contribution >= 0.6 is 0 Å². The van der Waals surface area contributed by atoms with E-state index in [1.54, 1.807) is 18.2 Å². The summed E-state index contributed by atoms with van der Waals surface area (Å²) in [6, 6.07) is 4.73. The van der Waals surface area contributed by atoms with E-state index < -0.39 is 5.97 Å². The van der Waals surface area contributed by atoms with Crippen LogP contribution in [0.1, 0.15) is 44.5 Å². The summed E-state index contributed by atoms with van der Waals surface area (Å²) >= 11 is 0. The second-order valence-electron chi connectivity index (χ2n) is 5.66. The first kappa shape index (κ1) is 18.8. The molecule has 23 heavy (non-hydrogen) atoms. The molecule has 0 radical (unpaired) electrons. The second-order valence-corrected chi connectivity index (χ2v) is 5.66. The minimum atomic E-state index is -0.585. The molecule has 6 nitrogen and oxygen atoms in total. The molecule has 0 fully saturated rings. The van der Waals surface area contributed by atoms with Gasteiger partial charge in [-0.2, -0.15) is 0 Å². The fraction of sp³-hybridized carbons (Fsp3) is 0.529. The number of carbonyl (C=O) groups excluding carboxylic acids is 2. The molecule has 1 amide bonds. The van der Waals surface area contributed by atoms with E-state index in [0.717, 1.165) is 6.42 Å². The average Bonchev–Trinajstić information content (AvgIpc) is 2.52. The number of amides is 1. The first-order valence-electron chi connectivity index (χ1n) is 7.62. The third kappa shape index (κ3) is 5.81. The molecule has 1 rings (SSSR count). The number of nitrogens with one attached hydrogen (secondary N) is 1. The van der Waals surface area contributed by atoms with Gasteiger partial charge in [-0.1, -0.05) is 6.92 Å². The summed E-state index contributed by atoms with van der Waals surface area (Å²) in [4.78, 5) is 23.8. The Bertz CT molecular complexity index is 554. The summed E-state index contributed by atoms with van der Waals surface area (Å²) in [5, 5.41) is 2.80.